The first-order valence-electron chi connectivity index (χ1n) is 6.94. The molecule has 3 rings (SSSR count). The van der Waals surface area contributed by atoms with Crippen LogP contribution >= 0.6 is 0 Å². The Balaban J connectivity index is 2.07. The van der Waals surface area contributed by atoms with E-state index in [-0.39, 0.29) is 5.91 Å². The minimum absolute atomic E-state index is 0.0746. The van der Waals surface area contributed by atoms with E-state index in [1.54, 1.807) is 6.20 Å². The van der Waals surface area contributed by atoms with Crippen molar-refractivity contribution in [1.82, 2.24) is 20.1 Å². The molecule has 0 unspecified atom stereocenters. The van der Waals surface area contributed by atoms with Gasteiger partial charge in [-0.05, 0) is 38.8 Å². The lowest BCUT2D eigenvalue weighted by Gasteiger charge is -2.17. The fourth-order valence-electron chi connectivity index (χ4n) is 2.77. The number of aromatic nitrogens is 3. The van der Waals surface area contributed by atoms with E-state index in [1.165, 1.54) is 0 Å². The van der Waals surface area contributed by atoms with Crippen LogP contribution in [0.2, 0.25) is 0 Å². The van der Waals surface area contributed by atoms with Gasteiger partial charge in [0.15, 0.2) is 0 Å². The van der Waals surface area contributed by atoms with Gasteiger partial charge in [-0.2, -0.15) is 5.10 Å². The van der Waals surface area contributed by atoms with E-state index in [4.69, 9.17) is 0 Å². The summed E-state index contributed by atoms with van der Waals surface area (Å²) >= 11 is 0. The van der Waals surface area contributed by atoms with Crippen LogP contribution in [0.1, 0.15) is 34.6 Å². The number of nitrogens with one attached hydrogen (secondary N) is 1. The van der Waals surface area contributed by atoms with Crippen molar-refractivity contribution in [3.8, 4) is 11.3 Å². The summed E-state index contributed by atoms with van der Waals surface area (Å²) in [6.07, 6.45) is 3.90. The van der Waals surface area contributed by atoms with Gasteiger partial charge < -0.3 is 4.90 Å². The molecule has 0 radical (unpaired) electrons. The van der Waals surface area contributed by atoms with Gasteiger partial charge in [-0.3, -0.25) is 14.9 Å². The Bertz CT molecular complexity index is 622. The van der Waals surface area contributed by atoms with Gasteiger partial charge in [0.05, 0.1) is 17.0 Å². The molecule has 1 N–H and O–H groups in total. The second-order valence-electron chi connectivity index (χ2n) is 5.21. The highest BCUT2D eigenvalue weighted by molar-refractivity contribution is 6.00. The number of rotatable bonds is 2. The predicted octanol–water partition coefficient (Wildman–Crippen LogP) is 2.32. The molecule has 1 amide bonds. The van der Waals surface area contributed by atoms with E-state index in [9.17, 15) is 4.79 Å². The first-order valence-corrected chi connectivity index (χ1v) is 6.94. The van der Waals surface area contributed by atoms with E-state index in [1.807, 2.05) is 30.9 Å². The summed E-state index contributed by atoms with van der Waals surface area (Å²) in [7, 11) is 0. The van der Waals surface area contributed by atoms with Crippen molar-refractivity contribution in [2.75, 3.05) is 13.1 Å². The monoisotopic (exact) mass is 270 g/mol. The largest absolute Gasteiger partial charge is 0.339 e. The number of amides is 1. The Morgan fingerprint density at radius 1 is 1.30 bits per heavy atom. The molecule has 1 fully saturated rings. The van der Waals surface area contributed by atoms with E-state index in [2.05, 4.69) is 15.2 Å². The molecule has 0 atom stereocenters. The highest BCUT2D eigenvalue weighted by atomic mass is 16.2. The maximum absolute atomic E-state index is 12.6. The van der Waals surface area contributed by atoms with Crippen LogP contribution < -0.4 is 0 Å². The van der Waals surface area contributed by atoms with E-state index in [0.717, 1.165) is 48.6 Å². The Labute approximate surface area is 118 Å². The van der Waals surface area contributed by atoms with Gasteiger partial charge in [0.1, 0.15) is 0 Å². The van der Waals surface area contributed by atoms with Gasteiger partial charge in [0.2, 0.25) is 0 Å². The van der Waals surface area contributed by atoms with Gasteiger partial charge in [-0.25, -0.2) is 0 Å². The average molecular weight is 270 g/mol. The molecule has 2 aromatic heterocycles. The van der Waals surface area contributed by atoms with E-state index >= 15 is 0 Å². The van der Waals surface area contributed by atoms with Crippen LogP contribution in [0.25, 0.3) is 11.3 Å². The Hall–Kier alpha value is -2.17. The number of nitrogens with zero attached hydrogens (tertiary/aromatic N) is 3. The molecule has 1 saturated heterocycles. The van der Waals surface area contributed by atoms with Crippen LogP contribution in [0.4, 0.5) is 0 Å². The number of aromatic amines is 1. The van der Waals surface area contributed by atoms with Crippen LogP contribution in [0, 0.1) is 13.8 Å². The summed E-state index contributed by atoms with van der Waals surface area (Å²) in [5.74, 6) is 0.0746. The zero-order chi connectivity index (χ0) is 14.1. The fraction of sp³-hybridized carbons (Fsp3) is 0.400. The number of pyridine rings is 1. The Kier molecular flexibility index (Phi) is 3.26. The normalized spacial score (nSPS) is 14.8. The molecule has 1 aliphatic heterocycles. The molecule has 0 aliphatic carbocycles. The maximum Gasteiger partial charge on any atom is 0.256 e. The number of hydrogen-bond acceptors (Lipinski definition) is 3. The molecule has 0 bridgehead atoms. The third-order valence-electron chi connectivity index (χ3n) is 3.80. The van der Waals surface area contributed by atoms with Gasteiger partial charge in [0.25, 0.3) is 5.91 Å². The topological polar surface area (TPSA) is 61.9 Å². The minimum Gasteiger partial charge on any atom is -0.339 e. The summed E-state index contributed by atoms with van der Waals surface area (Å²) in [6.45, 7) is 5.57. The molecule has 104 valence electrons. The van der Waals surface area contributed by atoms with Crippen molar-refractivity contribution >= 4 is 5.91 Å². The van der Waals surface area contributed by atoms with Crippen LogP contribution in [-0.2, 0) is 0 Å². The van der Waals surface area contributed by atoms with Crippen molar-refractivity contribution in [2.45, 2.75) is 26.7 Å². The summed E-state index contributed by atoms with van der Waals surface area (Å²) in [6, 6.07) is 3.67. The van der Waals surface area contributed by atoms with Gasteiger partial charge in [-0.1, -0.05) is 0 Å². The maximum atomic E-state index is 12.6. The highest BCUT2D eigenvalue weighted by Gasteiger charge is 2.24. The molecule has 5 heteroatoms. The van der Waals surface area contributed by atoms with Crippen molar-refractivity contribution < 1.29 is 4.79 Å². The second-order valence-corrected chi connectivity index (χ2v) is 5.21. The lowest BCUT2D eigenvalue weighted by atomic mass is 10.0. The van der Waals surface area contributed by atoms with Crippen molar-refractivity contribution in [2.24, 2.45) is 0 Å². The molecular weight excluding hydrogens is 252 g/mol. The van der Waals surface area contributed by atoms with Gasteiger partial charge in [-0.15, -0.1) is 0 Å². The number of hydrogen-bond donors (Lipinski definition) is 1. The number of carbonyl (C=O) groups is 1. The molecule has 5 nitrogen and oxygen atoms in total. The smallest absolute Gasteiger partial charge is 0.256 e. The SMILES string of the molecule is Cc1n[nH]c(C)c1-c1ncccc1C(=O)N1CCCC1. The van der Waals surface area contributed by atoms with Gasteiger partial charge >= 0.3 is 0 Å². The molecule has 0 aromatic carbocycles. The van der Waals surface area contributed by atoms with Crippen LogP contribution in [0.5, 0.6) is 0 Å². The second kappa shape index (κ2) is 5.07. The summed E-state index contributed by atoms with van der Waals surface area (Å²) < 4.78 is 0. The predicted molar refractivity (Wildman–Crippen MR) is 76.4 cm³/mol. The van der Waals surface area contributed by atoms with Crippen molar-refractivity contribution in [1.29, 1.82) is 0 Å². The molecule has 20 heavy (non-hydrogen) atoms. The molecule has 2 aromatic rings. The molecule has 3 heterocycles. The fourth-order valence-corrected chi connectivity index (χ4v) is 2.77. The van der Waals surface area contributed by atoms with Crippen molar-refractivity contribution in [3.05, 3.63) is 35.3 Å². The van der Waals surface area contributed by atoms with E-state index < -0.39 is 0 Å². The third-order valence-corrected chi connectivity index (χ3v) is 3.80. The molecule has 1 aliphatic rings. The molecular formula is C15H18N4O. The lowest BCUT2D eigenvalue weighted by molar-refractivity contribution is 0.0793. The molecule has 0 saturated carbocycles. The Morgan fingerprint density at radius 2 is 2.05 bits per heavy atom. The van der Waals surface area contributed by atoms with Crippen LogP contribution in [-0.4, -0.2) is 39.1 Å². The van der Waals surface area contributed by atoms with Crippen LogP contribution in [0.15, 0.2) is 18.3 Å². The first-order chi connectivity index (χ1) is 9.68. The average Bonchev–Trinajstić information content (AvgIpc) is 3.09. The molecule has 0 spiro atoms. The first kappa shape index (κ1) is 12.8. The third kappa shape index (κ3) is 2.09. The highest BCUT2D eigenvalue weighted by Crippen LogP contribution is 2.27. The zero-order valence-electron chi connectivity index (χ0n) is 11.8. The summed E-state index contributed by atoms with van der Waals surface area (Å²) in [4.78, 5) is 19.0. The zero-order valence-corrected chi connectivity index (χ0v) is 11.8. The standard InChI is InChI=1S/C15H18N4O/c1-10-13(11(2)18-17-10)14-12(6-5-7-16-14)15(20)19-8-3-4-9-19/h5-7H,3-4,8-9H2,1-2H3,(H,17,18). The lowest BCUT2D eigenvalue weighted by Crippen LogP contribution is -2.28. The number of likely N-dealkylation sites (tertiary alicyclic amines) is 1. The van der Waals surface area contributed by atoms with Crippen molar-refractivity contribution in [3.63, 3.8) is 0 Å². The minimum atomic E-state index is 0.0746. The van der Waals surface area contributed by atoms with Gasteiger partial charge in [0, 0.05) is 30.5 Å². The number of H-pyrrole nitrogens is 1. The Morgan fingerprint density at radius 3 is 2.70 bits per heavy atom. The number of aryl methyl sites for hydroxylation is 2. The summed E-state index contributed by atoms with van der Waals surface area (Å²) in [5.41, 5.74) is 4.15. The quantitative estimate of drug-likeness (QED) is 0.911. The summed E-state index contributed by atoms with van der Waals surface area (Å²) in [5, 5.41) is 7.16. The van der Waals surface area contributed by atoms with E-state index in [0.29, 0.717) is 5.56 Å². The van der Waals surface area contributed by atoms with Crippen LogP contribution in [0.3, 0.4) is 0 Å². The number of carbonyl (C=O) groups excluding carboxylic acids is 1.